The van der Waals surface area contributed by atoms with Crippen molar-refractivity contribution in [3.05, 3.63) is 82.3 Å². The van der Waals surface area contributed by atoms with Crippen LogP contribution in [-0.4, -0.2) is 99.1 Å². The van der Waals surface area contributed by atoms with Crippen LogP contribution in [0.25, 0.3) is 4.91 Å². The Hall–Kier alpha value is -3.33. The summed E-state index contributed by atoms with van der Waals surface area (Å²) in [6.07, 6.45) is 7.25. The molecule has 3 fully saturated rings. The third-order valence-electron chi connectivity index (χ3n) is 11.5. The Bertz CT molecular complexity index is 1770. The molecule has 59 heavy (non-hydrogen) atoms. The minimum absolute atomic E-state index is 0.117. The molecule has 0 aromatic heterocycles. The van der Waals surface area contributed by atoms with Crippen LogP contribution < -0.4 is 16.4 Å². The Morgan fingerprint density at radius 1 is 0.949 bits per heavy atom. The SMILES string of the molecule is C/C=C\SC(=C(C)C)c1ccc(C(C)NC(=O)C2CCCN2C(=O)C(NC(=O)CC2CCN(Cc3cccc(S(=O)N4CCC(N)CC4)c3)CC2)C(C)(C)C)cc1.CO. The van der Waals surface area contributed by atoms with E-state index in [1.807, 2.05) is 57.1 Å². The number of allylic oxidation sites excluding steroid dienone is 2. The number of rotatable bonds is 14. The zero-order valence-electron chi connectivity index (χ0n) is 36.7. The van der Waals surface area contributed by atoms with E-state index in [9.17, 15) is 18.6 Å². The van der Waals surface area contributed by atoms with Gasteiger partial charge in [0, 0.05) is 50.7 Å². The van der Waals surface area contributed by atoms with Gasteiger partial charge in [0.25, 0.3) is 0 Å². The number of hydrogen-bond acceptors (Lipinski definition) is 8. The van der Waals surface area contributed by atoms with Gasteiger partial charge in [0.05, 0.1) is 10.9 Å². The molecule has 0 bridgehead atoms. The Labute approximate surface area is 360 Å². The number of thioether (sulfide) groups is 1. The van der Waals surface area contributed by atoms with Crippen LogP contribution in [0.15, 0.2) is 70.5 Å². The number of carbonyl (C=O) groups excluding carboxylic acids is 3. The van der Waals surface area contributed by atoms with Crippen LogP contribution in [0.2, 0.25) is 0 Å². The highest BCUT2D eigenvalue weighted by Crippen LogP contribution is 2.33. The van der Waals surface area contributed by atoms with E-state index in [4.69, 9.17) is 10.8 Å². The molecule has 13 heteroatoms. The number of nitrogens with two attached hydrogens (primary N) is 1. The number of aliphatic hydroxyl groups is 1. The van der Waals surface area contributed by atoms with Gasteiger partial charge in [-0.05, 0) is 125 Å². The Balaban J connectivity index is 0.00000378. The van der Waals surface area contributed by atoms with Crippen LogP contribution in [0, 0.1) is 11.3 Å². The number of carbonyl (C=O) groups is 3. The first-order chi connectivity index (χ1) is 28.1. The van der Waals surface area contributed by atoms with E-state index in [-0.39, 0.29) is 35.7 Å². The third-order valence-corrected chi connectivity index (χ3v) is 14.3. The molecular formula is C46H70N6O5S2. The van der Waals surface area contributed by atoms with Crippen molar-refractivity contribution in [2.75, 3.05) is 39.8 Å². The first-order valence-electron chi connectivity index (χ1n) is 21.3. The fraction of sp³-hybridized carbons (Fsp3) is 0.587. The van der Waals surface area contributed by atoms with Crippen LogP contribution in [0.5, 0.6) is 0 Å². The van der Waals surface area contributed by atoms with Crippen LogP contribution >= 0.6 is 11.8 Å². The summed E-state index contributed by atoms with van der Waals surface area (Å²) >= 11 is 1.70. The molecule has 3 heterocycles. The molecule has 4 atom stereocenters. The number of likely N-dealkylation sites (tertiary alicyclic amines) is 2. The largest absolute Gasteiger partial charge is 0.400 e. The summed E-state index contributed by atoms with van der Waals surface area (Å²) in [7, 11) is -0.184. The first-order valence-corrected chi connectivity index (χ1v) is 23.3. The van der Waals surface area contributed by atoms with Gasteiger partial charge in [-0.2, -0.15) is 0 Å². The number of piperidine rings is 2. The Morgan fingerprint density at radius 3 is 2.22 bits per heavy atom. The van der Waals surface area contributed by atoms with Gasteiger partial charge in [-0.25, -0.2) is 8.51 Å². The molecular weight excluding hydrogens is 781 g/mol. The molecule has 0 saturated carbocycles. The predicted octanol–water partition coefficient (Wildman–Crippen LogP) is 6.76. The van der Waals surface area contributed by atoms with Gasteiger partial charge in [-0.3, -0.25) is 19.3 Å². The summed E-state index contributed by atoms with van der Waals surface area (Å²) in [6.45, 7) is 18.6. The molecule has 2 aromatic carbocycles. The van der Waals surface area contributed by atoms with Gasteiger partial charge >= 0.3 is 0 Å². The summed E-state index contributed by atoms with van der Waals surface area (Å²) in [5.74, 6) is -0.250. The molecule has 4 unspecified atom stereocenters. The maximum Gasteiger partial charge on any atom is 0.246 e. The maximum absolute atomic E-state index is 14.2. The van der Waals surface area contributed by atoms with Gasteiger partial charge in [-0.15, -0.1) is 0 Å². The van der Waals surface area contributed by atoms with Gasteiger partial charge in [-0.1, -0.05) is 80.6 Å². The van der Waals surface area contributed by atoms with Crippen molar-refractivity contribution < 1.29 is 23.7 Å². The molecule has 3 aliphatic rings. The minimum atomic E-state index is -1.18. The number of benzene rings is 2. The molecule has 3 saturated heterocycles. The number of nitrogens with zero attached hydrogens (tertiary/aromatic N) is 3. The highest BCUT2D eigenvalue weighted by atomic mass is 32.2. The topological polar surface area (TPSA) is 148 Å². The molecule has 0 aliphatic carbocycles. The van der Waals surface area contributed by atoms with E-state index in [2.05, 4.69) is 71.2 Å². The van der Waals surface area contributed by atoms with Gasteiger partial charge < -0.3 is 26.4 Å². The van der Waals surface area contributed by atoms with E-state index in [0.717, 1.165) is 93.5 Å². The average molecular weight is 851 g/mol. The van der Waals surface area contributed by atoms with Crippen molar-refractivity contribution in [3.8, 4) is 0 Å². The van der Waals surface area contributed by atoms with Crippen LogP contribution in [0.3, 0.4) is 0 Å². The van der Waals surface area contributed by atoms with Gasteiger partial charge in [0.1, 0.15) is 23.1 Å². The summed E-state index contributed by atoms with van der Waals surface area (Å²) in [4.78, 5) is 47.6. The highest BCUT2D eigenvalue weighted by molar-refractivity contribution is 8.10. The fourth-order valence-electron chi connectivity index (χ4n) is 8.08. The molecule has 11 nitrogen and oxygen atoms in total. The lowest BCUT2D eigenvalue weighted by molar-refractivity contribution is -0.144. The average Bonchev–Trinajstić information content (AvgIpc) is 3.72. The molecule has 3 aliphatic heterocycles. The van der Waals surface area contributed by atoms with E-state index in [0.29, 0.717) is 19.4 Å². The van der Waals surface area contributed by atoms with Gasteiger partial charge in [0.15, 0.2) is 0 Å². The maximum atomic E-state index is 14.2. The summed E-state index contributed by atoms with van der Waals surface area (Å²) in [5.41, 5.74) is 10.0. The fourth-order valence-corrected chi connectivity index (χ4v) is 10.1. The van der Waals surface area contributed by atoms with Crippen molar-refractivity contribution >= 4 is 45.4 Å². The molecule has 326 valence electrons. The molecule has 5 N–H and O–H groups in total. The van der Waals surface area contributed by atoms with Crippen molar-refractivity contribution in [2.45, 2.75) is 129 Å². The second-order valence-electron chi connectivity index (χ2n) is 17.4. The lowest BCUT2D eigenvalue weighted by atomic mass is 9.85. The molecule has 0 radical (unpaired) electrons. The van der Waals surface area contributed by atoms with Crippen molar-refractivity contribution in [1.82, 2.24) is 24.7 Å². The summed E-state index contributed by atoms with van der Waals surface area (Å²) in [6, 6.07) is 15.1. The highest BCUT2D eigenvalue weighted by Gasteiger charge is 2.42. The number of aliphatic hydroxyl groups excluding tert-OH is 1. The lowest BCUT2D eigenvalue weighted by Gasteiger charge is -2.36. The van der Waals surface area contributed by atoms with Gasteiger partial charge in [0.2, 0.25) is 17.7 Å². The number of amides is 3. The third kappa shape index (κ3) is 13.8. The quantitative estimate of drug-likeness (QED) is 0.163. The predicted molar refractivity (Wildman–Crippen MR) is 242 cm³/mol. The van der Waals surface area contributed by atoms with Crippen molar-refractivity contribution in [3.63, 3.8) is 0 Å². The second kappa shape index (κ2) is 23.0. The molecule has 5 rings (SSSR count). The first kappa shape index (κ1) is 48.3. The van der Waals surface area contributed by atoms with Crippen molar-refractivity contribution in [2.24, 2.45) is 17.1 Å². The van der Waals surface area contributed by atoms with Crippen LogP contribution in [0.1, 0.15) is 116 Å². The normalized spacial score (nSPS) is 20.0. The lowest BCUT2D eigenvalue weighted by Crippen LogP contribution is -2.58. The number of nitrogens with one attached hydrogen (secondary N) is 2. The van der Waals surface area contributed by atoms with Crippen LogP contribution in [-0.2, 0) is 31.9 Å². The standard InChI is InChI=1S/C45H66N6O4S2.CH4O/c1-8-27-56-41(31(2)3)36-16-14-35(15-17-36)32(4)47-43(53)39-13-10-22-51(39)44(54)42(45(5,6)7)48-40(52)29-33-18-23-49(24-19-33)30-34-11-9-12-38(28-34)57(55)50-25-20-37(46)21-26-50;1-2/h8-9,11-12,14-17,27-28,32-33,37,39,42H,10,13,18-26,29-30,46H2,1-7H3,(H,47,53)(H,48,52);2H,1H3/b27-8-;. The minimum Gasteiger partial charge on any atom is -0.400 e. The van der Waals surface area contributed by atoms with E-state index in [1.165, 1.54) is 10.5 Å². The number of hydrogen-bond donors (Lipinski definition) is 4. The van der Waals surface area contributed by atoms with Crippen molar-refractivity contribution in [1.29, 1.82) is 0 Å². The molecule has 0 spiro atoms. The van der Waals surface area contributed by atoms with E-state index >= 15 is 0 Å². The Kier molecular flexibility index (Phi) is 18.9. The van der Waals surface area contributed by atoms with E-state index in [1.54, 1.807) is 16.7 Å². The second-order valence-corrected chi connectivity index (χ2v) is 19.8. The summed E-state index contributed by atoms with van der Waals surface area (Å²) < 4.78 is 15.3. The molecule has 2 aromatic rings. The smallest absolute Gasteiger partial charge is 0.246 e. The zero-order chi connectivity index (χ0) is 43.3. The molecule has 3 amide bonds. The monoisotopic (exact) mass is 850 g/mol. The van der Waals surface area contributed by atoms with E-state index < -0.39 is 28.5 Å². The summed E-state index contributed by atoms with van der Waals surface area (Å²) in [5, 5.41) is 15.4. The zero-order valence-corrected chi connectivity index (χ0v) is 38.3. The Morgan fingerprint density at radius 2 is 1.61 bits per heavy atom. The van der Waals surface area contributed by atoms with Crippen LogP contribution in [0.4, 0.5) is 0 Å².